The molecule has 2 N–H and O–H groups in total. The molecule has 25 heavy (non-hydrogen) atoms. The predicted octanol–water partition coefficient (Wildman–Crippen LogP) is 2.48. The van der Waals surface area contributed by atoms with E-state index in [1.54, 1.807) is 0 Å². The lowest BCUT2D eigenvalue weighted by Crippen LogP contribution is -2.67. The van der Waals surface area contributed by atoms with E-state index in [1.165, 1.54) is 38.5 Å². The highest BCUT2D eigenvalue weighted by molar-refractivity contribution is 5.77. The van der Waals surface area contributed by atoms with Gasteiger partial charge in [-0.3, -0.25) is 15.1 Å². The number of hydrogen-bond acceptors (Lipinski definition) is 6. The first kappa shape index (κ1) is 17.4. The minimum atomic E-state index is -0.120. The van der Waals surface area contributed by atoms with E-state index in [9.17, 15) is 4.79 Å². The maximum Gasteiger partial charge on any atom is 0.239 e. The summed E-state index contributed by atoms with van der Waals surface area (Å²) in [5, 5.41) is 13.7. The minimum Gasteiger partial charge on any atom is -0.373 e. The third-order valence-electron chi connectivity index (χ3n) is 6.11. The van der Waals surface area contributed by atoms with Gasteiger partial charge in [0, 0.05) is 6.04 Å². The number of rotatable bonds is 4. The number of hydrazine groups is 1. The van der Waals surface area contributed by atoms with Gasteiger partial charge in [0.15, 0.2) is 0 Å². The molecule has 0 aromatic heterocycles. The SMILES string of the molecule is O=C1CC(OC2CCCCC2)C(C2N=NCN2)NN1C1CCCCC1. The molecule has 0 aromatic carbocycles. The normalized spacial score (nSPS) is 35.4. The van der Waals surface area contributed by atoms with E-state index in [-0.39, 0.29) is 30.3 Å². The molecule has 2 saturated carbocycles. The third-order valence-corrected chi connectivity index (χ3v) is 6.11. The zero-order valence-corrected chi connectivity index (χ0v) is 15.0. The van der Waals surface area contributed by atoms with Crippen LogP contribution in [0.2, 0.25) is 0 Å². The van der Waals surface area contributed by atoms with Crippen molar-refractivity contribution in [2.45, 2.75) is 101 Å². The fraction of sp³-hybridized carbons (Fsp3) is 0.944. The van der Waals surface area contributed by atoms with Crippen molar-refractivity contribution in [3.05, 3.63) is 0 Å². The number of nitrogens with one attached hydrogen (secondary N) is 2. The summed E-state index contributed by atoms with van der Waals surface area (Å²) in [6, 6.07) is 0.297. The van der Waals surface area contributed by atoms with E-state index in [0.29, 0.717) is 19.1 Å². The Bertz CT molecular complexity index is 488. The number of carbonyl (C=O) groups is 1. The first-order valence-electron chi connectivity index (χ1n) is 10.1. The molecule has 7 nitrogen and oxygen atoms in total. The number of carbonyl (C=O) groups excluding carboxylic acids is 1. The summed E-state index contributed by atoms with van der Waals surface area (Å²) >= 11 is 0. The molecular formula is C18H31N5O2. The molecule has 3 atom stereocenters. The largest absolute Gasteiger partial charge is 0.373 e. The number of amides is 1. The standard InChI is InChI=1S/C18H31N5O2/c24-16-11-15(25-14-9-5-2-6-10-14)17(18-19-12-20-21-18)22-23(16)13-7-3-1-4-8-13/h13-15,17-19,22H,1-12H2. The highest BCUT2D eigenvalue weighted by Gasteiger charge is 2.43. The van der Waals surface area contributed by atoms with Crippen molar-refractivity contribution in [1.29, 1.82) is 0 Å². The summed E-state index contributed by atoms with van der Waals surface area (Å²) in [4.78, 5) is 12.8. The summed E-state index contributed by atoms with van der Waals surface area (Å²) in [5.74, 6) is 0.180. The molecule has 3 unspecified atom stereocenters. The molecule has 2 aliphatic heterocycles. The lowest BCUT2D eigenvalue weighted by molar-refractivity contribution is -0.158. The molecule has 7 heteroatoms. The van der Waals surface area contributed by atoms with Crippen molar-refractivity contribution >= 4 is 5.91 Å². The lowest BCUT2D eigenvalue weighted by atomic mass is 9.93. The molecule has 3 fully saturated rings. The Morgan fingerprint density at radius 2 is 1.72 bits per heavy atom. The maximum atomic E-state index is 12.8. The minimum absolute atomic E-state index is 0.0206. The highest BCUT2D eigenvalue weighted by atomic mass is 16.5. The van der Waals surface area contributed by atoms with Crippen molar-refractivity contribution in [3.8, 4) is 0 Å². The van der Waals surface area contributed by atoms with Crippen LogP contribution in [0.5, 0.6) is 0 Å². The molecule has 2 aliphatic carbocycles. The van der Waals surface area contributed by atoms with Gasteiger partial charge in [0.2, 0.25) is 5.91 Å². The molecule has 1 amide bonds. The van der Waals surface area contributed by atoms with Gasteiger partial charge in [-0.15, -0.1) is 0 Å². The van der Waals surface area contributed by atoms with Crippen LogP contribution in [0.25, 0.3) is 0 Å². The monoisotopic (exact) mass is 349 g/mol. The predicted molar refractivity (Wildman–Crippen MR) is 93.7 cm³/mol. The van der Waals surface area contributed by atoms with Crippen LogP contribution in [0, 0.1) is 0 Å². The highest BCUT2D eigenvalue weighted by Crippen LogP contribution is 2.29. The van der Waals surface area contributed by atoms with Crippen LogP contribution in [-0.2, 0) is 9.53 Å². The van der Waals surface area contributed by atoms with E-state index in [4.69, 9.17) is 4.74 Å². The fourth-order valence-corrected chi connectivity index (χ4v) is 4.72. The average molecular weight is 349 g/mol. The number of nitrogens with zero attached hydrogens (tertiary/aromatic N) is 3. The Hall–Kier alpha value is -1.05. The van der Waals surface area contributed by atoms with Crippen LogP contribution < -0.4 is 10.7 Å². The van der Waals surface area contributed by atoms with Crippen LogP contribution in [0.3, 0.4) is 0 Å². The number of azo groups is 1. The van der Waals surface area contributed by atoms with Crippen molar-refractivity contribution in [2.24, 2.45) is 10.2 Å². The number of ether oxygens (including phenoxy) is 1. The van der Waals surface area contributed by atoms with Crippen LogP contribution in [0.15, 0.2) is 10.2 Å². The van der Waals surface area contributed by atoms with Gasteiger partial charge < -0.3 is 4.74 Å². The van der Waals surface area contributed by atoms with Gasteiger partial charge in [-0.05, 0) is 25.7 Å². The van der Waals surface area contributed by atoms with E-state index >= 15 is 0 Å². The van der Waals surface area contributed by atoms with Gasteiger partial charge in [-0.25, -0.2) is 5.43 Å². The number of hydrogen-bond donors (Lipinski definition) is 2. The van der Waals surface area contributed by atoms with Crippen molar-refractivity contribution < 1.29 is 9.53 Å². The quantitative estimate of drug-likeness (QED) is 0.817. The van der Waals surface area contributed by atoms with Crippen molar-refractivity contribution in [3.63, 3.8) is 0 Å². The lowest BCUT2D eigenvalue weighted by Gasteiger charge is -2.45. The second kappa shape index (κ2) is 8.10. The molecule has 1 saturated heterocycles. The Labute approximate surface area is 149 Å². The van der Waals surface area contributed by atoms with E-state index in [0.717, 1.165) is 25.7 Å². The average Bonchev–Trinajstić information content (AvgIpc) is 3.18. The molecule has 140 valence electrons. The molecular weight excluding hydrogens is 318 g/mol. The third kappa shape index (κ3) is 4.04. The first-order chi connectivity index (χ1) is 12.3. The van der Waals surface area contributed by atoms with Gasteiger partial charge in [-0.1, -0.05) is 38.5 Å². The Kier molecular flexibility index (Phi) is 5.63. The second-order valence-corrected chi connectivity index (χ2v) is 7.91. The molecule has 2 heterocycles. The molecule has 0 spiro atoms. The molecule has 0 bridgehead atoms. The van der Waals surface area contributed by atoms with Crippen LogP contribution >= 0.6 is 0 Å². The van der Waals surface area contributed by atoms with Crippen LogP contribution in [0.4, 0.5) is 0 Å². The van der Waals surface area contributed by atoms with Gasteiger partial charge in [0.05, 0.1) is 24.7 Å². The first-order valence-corrected chi connectivity index (χ1v) is 10.1. The van der Waals surface area contributed by atoms with E-state index < -0.39 is 0 Å². The fourth-order valence-electron chi connectivity index (χ4n) is 4.72. The summed E-state index contributed by atoms with van der Waals surface area (Å²) < 4.78 is 6.41. The zero-order valence-electron chi connectivity index (χ0n) is 15.0. The molecule has 4 rings (SSSR count). The molecule has 0 radical (unpaired) electrons. The Balaban J connectivity index is 1.46. The topological polar surface area (TPSA) is 78.3 Å². The van der Waals surface area contributed by atoms with Crippen LogP contribution in [0.1, 0.15) is 70.6 Å². The van der Waals surface area contributed by atoms with Gasteiger partial charge in [0.25, 0.3) is 0 Å². The zero-order chi connectivity index (χ0) is 17.1. The van der Waals surface area contributed by atoms with E-state index in [2.05, 4.69) is 21.0 Å². The Morgan fingerprint density at radius 1 is 1.00 bits per heavy atom. The second-order valence-electron chi connectivity index (χ2n) is 7.91. The summed E-state index contributed by atoms with van der Waals surface area (Å²) in [6.45, 7) is 0.552. The van der Waals surface area contributed by atoms with Gasteiger partial charge in [-0.2, -0.15) is 10.2 Å². The van der Waals surface area contributed by atoms with Crippen molar-refractivity contribution in [1.82, 2.24) is 15.8 Å². The summed E-state index contributed by atoms with van der Waals surface area (Å²) in [5.41, 5.74) is 3.50. The van der Waals surface area contributed by atoms with Gasteiger partial charge in [0.1, 0.15) is 12.8 Å². The molecule has 0 aromatic rings. The summed E-state index contributed by atoms with van der Waals surface area (Å²) in [7, 11) is 0. The molecule has 4 aliphatic rings. The Morgan fingerprint density at radius 3 is 2.40 bits per heavy atom. The van der Waals surface area contributed by atoms with E-state index in [1.807, 2.05) is 5.01 Å². The van der Waals surface area contributed by atoms with Gasteiger partial charge >= 0.3 is 0 Å². The van der Waals surface area contributed by atoms with Crippen LogP contribution in [-0.4, -0.2) is 48.0 Å². The maximum absolute atomic E-state index is 12.8. The summed E-state index contributed by atoms with van der Waals surface area (Å²) in [6.07, 6.45) is 12.4. The van der Waals surface area contributed by atoms with Crippen molar-refractivity contribution in [2.75, 3.05) is 6.67 Å². The smallest absolute Gasteiger partial charge is 0.239 e.